The molecule has 1 atom stereocenters. The van der Waals surface area contributed by atoms with Crippen LogP contribution in [0.2, 0.25) is 5.15 Å². The molecule has 0 aliphatic carbocycles. The number of halogens is 1. The molecule has 0 unspecified atom stereocenters. The normalized spacial score (nSPS) is 16.1. The zero-order valence-corrected chi connectivity index (χ0v) is 18.1. The monoisotopic (exact) mass is 421 g/mol. The Morgan fingerprint density at radius 2 is 1.97 bits per heavy atom. The molecule has 154 valence electrons. The number of hydrogen-bond donors (Lipinski definition) is 0. The van der Waals surface area contributed by atoms with E-state index in [0.717, 1.165) is 28.6 Å². The van der Waals surface area contributed by atoms with Crippen LogP contribution in [0.15, 0.2) is 53.6 Å². The minimum absolute atomic E-state index is 0.0398. The van der Waals surface area contributed by atoms with Crippen LogP contribution in [0.1, 0.15) is 49.4 Å². The Balaban J connectivity index is 1.75. The van der Waals surface area contributed by atoms with Gasteiger partial charge in [-0.3, -0.25) is 4.79 Å². The van der Waals surface area contributed by atoms with Crippen LogP contribution in [0.25, 0.3) is 10.9 Å². The zero-order chi connectivity index (χ0) is 21.3. The van der Waals surface area contributed by atoms with Crippen LogP contribution in [0.4, 0.5) is 0 Å². The molecule has 0 saturated carbocycles. The summed E-state index contributed by atoms with van der Waals surface area (Å²) in [6.45, 7) is 3.97. The lowest BCUT2D eigenvalue weighted by atomic mass is 9.97. The second kappa shape index (κ2) is 8.44. The number of fused-ring (bicyclic) bond motifs is 1. The summed E-state index contributed by atoms with van der Waals surface area (Å²) in [6, 6.07) is 15.8. The van der Waals surface area contributed by atoms with Crippen molar-refractivity contribution in [3.05, 3.63) is 70.4 Å². The number of pyridine rings is 1. The van der Waals surface area contributed by atoms with E-state index in [9.17, 15) is 4.79 Å². The average Bonchev–Trinajstić information content (AvgIpc) is 3.23. The number of hydrazone groups is 1. The maximum absolute atomic E-state index is 12.7. The summed E-state index contributed by atoms with van der Waals surface area (Å²) in [5, 5.41) is 7.53. The van der Waals surface area contributed by atoms with E-state index in [0.29, 0.717) is 29.3 Å². The lowest BCUT2D eigenvalue weighted by Gasteiger charge is -2.22. The number of methoxy groups -OCH3 is 1. The zero-order valence-electron chi connectivity index (χ0n) is 17.4. The topological polar surface area (TPSA) is 54.8 Å². The summed E-state index contributed by atoms with van der Waals surface area (Å²) in [5.74, 6) is 0.629. The molecule has 2 heterocycles. The minimum Gasteiger partial charge on any atom is -0.494 e. The lowest BCUT2D eigenvalue weighted by molar-refractivity contribution is -0.132. The van der Waals surface area contributed by atoms with E-state index in [-0.39, 0.29) is 11.9 Å². The molecule has 1 aliphatic rings. The van der Waals surface area contributed by atoms with E-state index in [1.165, 1.54) is 5.56 Å². The van der Waals surface area contributed by atoms with Crippen LogP contribution in [0, 0.1) is 0 Å². The number of rotatable bonds is 5. The van der Waals surface area contributed by atoms with E-state index >= 15 is 0 Å². The van der Waals surface area contributed by atoms with Crippen molar-refractivity contribution in [1.29, 1.82) is 0 Å². The largest absolute Gasteiger partial charge is 0.494 e. The molecule has 0 saturated heterocycles. The lowest BCUT2D eigenvalue weighted by Crippen LogP contribution is -2.26. The van der Waals surface area contributed by atoms with Gasteiger partial charge in [0.25, 0.3) is 0 Å². The first-order valence-electron chi connectivity index (χ1n) is 10.2. The molecule has 6 heteroatoms. The van der Waals surface area contributed by atoms with Gasteiger partial charge in [-0.15, -0.1) is 0 Å². The predicted octanol–water partition coefficient (Wildman–Crippen LogP) is 5.55. The van der Waals surface area contributed by atoms with Crippen molar-refractivity contribution in [3.63, 3.8) is 0 Å². The molecule has 2 aromatic carbocycles. The maximum atomic E-state index is 12.7. The number of carbonyl (C=O) groups is 1. The number of benzene rings is 2. The van der Waals surface area contributed by atoms with Crippen LogP contribution in [0.5, 0.6) is 5.75 Å². The molecule has 0 bridgehead atoms. The number of amides is 1. The van der Waals surface area contributed by atoms with E-state index in [2.05, 4.69) is 41.3 Å². The molecule has 1 amide bonds. The molecule has 0 radical (unpaired) electrons. The fraction of sp³-hybridized carbons (Fsp3) is 0.292. The number of aryl methyl sites for hydroxylation is 1. The molecule has 3 aromatic rings. The number of aromatic nitrogens is 1. The number of carbonyl (C=O) groups excluding carboxylic acids is 1. The third-order valence-corrected chi connectivity index (χ3v) is 5.83. The molecule has 0 spiro atoms. The second-order valence-electron chi connectivity index (χ2n) is 7.31. The van der Waals surface area contributed by atoms with E-state index in [4.69, 9.17) is 16.3 Å². The van der Waals surface area contributed by atoms with Gasteiger partial charge in [-0.25, -0.2) is 9.99 Å². The van der Waals surface area contributed by atoms with Gasteiger partial charge in [-0.2, -0.15) is 5.10 Å². The highest BCUT2D eigenvalue weighted by Gasteiger charge is 2.34. The Morgan fingerprint density at radius 3 is 2.63 bits per heavy atom. The van der Waals surface area contributed by atoms with Gasteiger partial charge < -0.3 is 4.74 Å². The van der Waals surface area contributed by atoms with Gasteiger partial charge in [0.1, 0.15) is 16.4 Å². The third-order valence-electron chi connectivity index (χ3n) is 5.53. The van der Waals surface area contributed by atoms with Crippen LogP contribution >= 0.6 is 11.6 Å². The number of nitrogens with zero attached hydrogens (tertiary/aromatic N) is 3. The summed E-state index contributed by atoms with van der Waals surface area (Å²) in [5.41, 5.74) is 4.67. The van der Waals surface area contributed by atoms with Gasteiger partial charge in [0.05, 0.1) is 18.9 Å². The molecule has 30 heavy (non-hydrogen) atoms. The van der Waals surface area contributed by atoms with Crippen molar-refractivity contribution < 1.29 is 9.53 Å². The first kappa shape index (κ1) is 20.4. The summed E-state index contributed by atoms with van der Waals surface area (Å²) >= 11 is 6.60. The number of para-hydroxylation sites is 1. The van der Waals surface area contributed by atoms with Gasteiger partial charge in [0, 0.05) is 23.8 Å². The van der Waals surface area contributed by atoms with Gasteiger partial charge in [-0.1, -0.05) is 61.8 Å². The Hall–Kier alpha value is -2.92. The molecular weight excluding hydrogens is 398 g/mol. The van der Waals surface area contributed by atoms with Gasteiger partial charge in [0.2, 0.25) is 5.91 Å². The van der Waals surface area contributed by atoms with Crippen molar-refractivity contribution in [2.45, 2.75) is 39.2 Å². The molecule has 5 nitrogen and oxygen atoms in total. The second-order valence-corrected chi connectivity index (χ2v) is 7.67. The standard InChI is InChI=1S/C24H24ClN3O2/c1-4-15-9-11-16(12-10-15)19-14-20(28(27-19)22(29)5-2)18-13-17-7-6-8-21(30-3)23(17)26-24(18)25/h6-13,20H,4-5,14H2,1-3H3/t20-/m0/s1. The molecule has 0 N–H and O–H groups in total. The van der Waals surface area contributed by atoms with Crippen molar-refractivity contribution in [2.24, 2.45) is 5.10 Å². The highest BCUT2D eigenvalue weighted by Crippen LogP contribution is 2.38. The highest BCUT2D eigenvalue weighted by molar-refractivity contribution is 6.30. The van der Waals surface area contributed by atoms with Crippen LogP contribution in [0.3, 0.4) is 0 Å². The van der Waals surface area contributed by atoms with Crippen molar-refractivity contribution in [1.82, 2.24) is 9.99 Å². The summed E-state index contributed by atoms with van der Waals surface area (Å²) in [6.07, 6.45) is 1.94. The molecule has 1 aliphatic heterocycles. The molecule has 0 fully saturated rings. The summed E-state index contributed by atoms with van der Waals surface area (Å²) in [7, 11) is 1.61. The molecular formula is C24H24ClN3O2. The van der Waals surface area contributed by atoms with Crippen LogP contribution < -0.4 is 4.74 Å². The van der Waals surface area contributed by atoms with E-state index < -0.39 is 0 Å². The van der Waals surface area contributed by atoms with Crippen molar-refractivity contribution in [3.8, 4) is 5.75 Å². The first-order chi connectivity index (χ1) is 14.5. The van der Waals surface area contributed by atoms with Gasteiger partial charge in [0.15, 0.2) is 0 Å². The highest BCUT2D eigenvalue weighted by atomic mass is 35.5. The minimum atomic E-state index is -0.283. The molecule has 1 aromatic heterocycles. The SMILES string of the molecule is CCC(=O)N1N=C(c2ccc(CC)cc2)C[C@H]1c1cc2cccc(OC)c2nc1Cl. The van der Waals surface area contributed by atoms with Crippen LogP contribution in [-0.2, 0) is 11.2 Å². The fourth-order valence-corrected chi connectivity index (χ4v) is 4.08. The van der Waals surface area contributed by atoms with Gasteiger partial charge in [-0.05, 0) is 29.7 Å². The van der Waals surface area contributed by atoms with Gasteiger partial charge >= 0.3 is 0 Å². The van der Waals surface area contributed by atoms with E-state index in [1.54, 1.807) is 12.1 Å². The average molecular weight is 422 g/mol. The predicted molar refractivity (Wildman–Crippen MR) is 120 cm³/mol. The summed E-state index contributed by atoms with van der Waals surface area (Å²) in [4.78, 5) is 17.3. The number of hydrogen-bond acceptors (Lipinski definition) is 4. The first-order valence-corrected chi connectivity index (χ1v) is 10.6. The Kier molecular flexibility index (Phi) is 5.73. The van der Waals surface area contributed by atoms with Crippen molar-refractivity contribution in [2.75, 3.05) is 7.11 Å². The maximum Gasteiger partial charge on any atom is 0.242 e. The fourth-order valence-electron chi connectivity index (χ4n) is 3.82. The smallest absolute Gasteiger partial charge is 0.242 e. The molecule has 4 rings (SSSR count). The quantitative estimate of drug-likeness (QED) is 0.507. The van der Waals surface area contributed by atoms with Crippen molar-refractivity contribution >= 4 is 34.1 Å². The van der Waals surface area contributed by atoms with E-state index in [1.807, 2.05) is 31.2 Å². The number of ether oxygens (including phenoxy) is 1. The summed E-state index contributed by atoms with van der Waals surface area (Å²) < 4.78 is 5.41. The Labute approximate surface area is 181 Å². The Morgan fingerprint density at radius 1 is 1.20 bits per heavy atom. The Bertz CT molecular complexity index is 1130. The van der Waals surface area contributed by atoms with Crippen LogP contribution in [-0.4, -0.2) is 28.7 Å². The third kappa shape index (κ3) is 3.65.